The first kappa shape index (κ1) is 19.3. The molecule has 122 valence electrons. The van der Waals surface area contributed by atoms with Gasteiger partial charge in [-0.2, -0.15) is 0 Å². The molecule has 1 atom stereocenters. The lowest BCUT2D eigenvalue weighted by atomic mass is 9.63. The van der Waals surface area contributed by atoms with E-state index in [-0.39, 0.29) is 17.5 Å². The van der Waals surface area contributed by atoms with Crippen LogP contribution in [-0.4, -0.2) is 16.0 Å². The smallest absolute Gasteiger partial charge is 0.182 e. The fourth-order valence-corrected chi connectivity index (χ4v) is 3.83. The third kappa shape index (κ3) is 4.40. The summed E-state index contributed by atoms with van der Waals surface area (Å²) < 4.78 is 1.10. The molecule has 0 amide bonds. The fraction of sp³-hybridized carbons (Fsp3) is 0.579. The molecule has 0 saturated carbocycles. The van der Waals surface area contributed by atoms with Crippen molar-refractivity contribution >= 4 is 34.2 Å². The summed E-state index contributed by atoms with van der Waals surface area (Å²) in [5.74, 6) is -0.0147. The molecule has 1 aliphatic carbocycles. The highest BCUT2D eigenvalue weighted by Gasteiger charge is 2.42. The van der Waals surface area contributed by atoms with E-state index < -0.39 is 5.41 Å². The van der Waals surface area contributed by atoms with Crippen LogP contribution in [0.4, 0.5) is 0 Å². The number of carbonyl (C=O) groups excluding carboxylic acids is 2. The quantitative estimate of drug-likeness (QED) is 0.325. The Morgan fingerprint density at radius 2 is 2.05 bits per heavy atom. The van der Waals surface area contributed by atoms with Gasteiger partial charge in [-0.25, -0.2) is 0 Å². The molecule has 0 aliphatic heterocycles. The van der Waals surface area contributed by atoms with Crippen molar-refractivity contribution in [2.24, 2.45) is 11.3 Å². The maximum Gasteiger partial charge on any atom is 0.182 e. The molecule has 0 saturated heterocycles. The van der Waals surface area contributed by atoms with Gasteiger partial charge >= 0.3 is 0 Å². The van der Waals surface area contributed by atoms with Crippen molar-refractivity contribution in [2.45, 2.75) is 53.4 Å². The van der Waals surface area contributed by atoms with Crippen LogP contribution >= 0.6 is 22.6 Å². The standard InChI is InChI=1S/C19H27IO2/c1-6-16(21)15-10-9-14(3)18(19(15,4)5)17(22)12-13(2)8-7-11-20/h6,12,15H,1,7-11H2,2-5H3/b13-12+. The van der Waals surface area contributed by atoms with Crippen LogP contribution in [0.15, 0.2) is 35.5 Å². The largest absolute Gasteiger partial charge is 0.295 e. The maximum atomic E-state index is 12.8. The van der Waals surface area contributed by atoms with Crippen LogP contribution in [-0.2, 0) is 9.59 Å². The first-order valence-electron chi connectivity index (χ1n) is 7.89. The van der Waals surface area contributed by atoms with Gasteiger partial charge in [-0.05, 0) is 56.1 Å². The number of hydrogen-bond acceptors (Lipinski definition) is 2. The number of rotatable bonds is 7. The van der Waals surface area contributed by atoms with Gasteiger partial charge in [0.05, 0.1) is 0 Å². The number of allylic oxidation sites excluding steroid dienone is 5. The zero-order valence-electron chi connectivity index (χ0n) is 14.2. The molecule has 1 aliphatic rings. The average molecular weight is 414 g/mol. The molecule has 0 aromatic carbocycles. The molecule has 0 N–H and O–H groups in total. The summed E-state index contributed by atoms with van der Waals surface area (Å²) >= 11 is 2.35. The Morgan fingerprint density at radius 3 is 2.59 bits per heavy atom. The van der Waals surface area contributed by atoms with Crippen molar-refractivity contribution in [1.29, 1.82) is 0 Å². The number of ketones is 2. The minimum Gasteiger partial charge on any atom is -0.295 e. The summed E-state index contributed by atoms with van der Waals surface area (Å²) in [5.41, 5.74) is 2.65. The molecule has 0 bridgehead atoms. The lowest BCUT2D eigenvalue weighted by Gasteiger charge is -2.39. The van der Waals surface area contributed by atoms with Crippen LogP contribution in [0.2, 0.25) is 0 Å². The highest BCUT2D eigenvalue weighted by Crippen LogP contribution is 2.45. The minimum atomic E-state index is -0.426. The topological polar surface area (TPSA) is 34.1 Å². The molecule has 0 heterocycles. The van der Waals surface area contributed by atoms with Gasteiger partial charge in [-0.15, -0.1) is 0 Å². The Labute approximate surface area is 148 Å². The van der Waals surface area contributed by atoms with Crippen molar-refractivity contribution in [3.8, 4) is 0 Å². The maximum absolute atomic E-state index is 12.8. The minimum absolute atomic E-state index is 0.0495. The normalized spacial score (nSPS) is 21.7. The van der Waals surface area contributed by atoms with E-state index in [0.29, 0.717) is 0 Å². The number of halogens is 1. The van der Waals surface area contributed by atoms with E-state index in [1.807, 2.05) is 27.7 Å². The lowest BCUT2D eigenvalue weighted by Crippen LogP contribution is -2.38. The third-order valence-electron chi connectivity index (χ3n) is 4.62. The molecule has 1 rings (SSSR count). The highest BCUT2D eigenvalue weighted by atomic mass is 127. The first-order chi connectivity index (χ1) is 10.3. The second-order valence-corrected chi connectivity index (χ2v) is 7.80. The first-order valence-corrected chi connectivity index (χ1v) is 9.42. The number of hydrogen-bond donors (Lipinski definition) is 0. The van der Waals surface area contributed by atoms with Gasteiger partial charge in [0, 0.05) is 16.9 Å². The monoisotopic (exact) mass is 414 g/mol. The molecular formula is C19H27IO2. The van der Waals surface area contributed by atoms with Crippen molar-refractivity contribution in [3.63, 3.8) is 0 Å². The van der Waals surface area contributed by atoms with Crippen LogP contribution < -0.4 is 0 Å². The van der Waals surface area contributed by atoms with E-state index in [1.54, 1.807) is 6.08 Å². The predicted molar refractivity (Wildman–Crippen MR) is 101 cm³/mol. The van der Waals surface area contributed by atoms with Gasteiger partial charge in [-0.1, -0.05) is 54.2 Å². The molecule has 22 heavy (non-hydrogen) atoms. The van der Waals surface area contributed by atoms with E-state index in [0.717, 1.165) is 46.8 Å². The zero-order chi connectivity index (χ0) is 16.9. The van der Waals surface area contributed by atoms with Crippen molar-refractivity contribution in [1.82, 2.24) is 0 Å². The molecule has 1 unspecified atom stereocenters. The molecular weight excluding hydrogens is 387 g/mol. The average Bonchev–Trinajstić information content (AvgIpc) is 2.43. The SMILES string of the molecule is C=CC(=O)C1CCC(C)=C(C(=O)/C=C(\C)CCCI)C1(C)C. The van der Waals surface area contributed by atoms with E-state index in [9.17, 15) is 9.59 Å². The Morgan fingerprint density at radius 1 is 1.41 bits per heavy atom. The highest BCUT2D eigenvalue weighted by molar-refractivity contribution is 14.1. The zero-order valence-corrected chi connectivity index (χ0v) is 16.3. The van der Waals surface area contributed by atoms with Crippen LogP contribution in [0.25, 0.3) is 0 Å². The summed E-state index contributed by atoms with van der Waals surface area (Å²) in [6.07, 6.45) is 6.84. The summed E-state index contributed by atoms with van der Waals surface area (Å²) in [5, 5.41) is 0. The van der Waals surface area contributed by atoms with E-state index >= 15 is 0 Å². The Balaban J connectivity index is 3.11. The number of alkyl halides is 1. The second-order valence-electron chi connectivity index (χ2n) is 6.72. The van der Waals surface area contributed by atoms with Crippen LogP contribution in [0, 0.1) is 11.3 Å². The van der Waals surface area contributed by atoms with Gasteiger partial charge in [0.25, 0.3) is 0 Å². The van der Waals surface area contributed by atoms with Crippen molar-refractivity contribution in [2.75, 3.05) is 4.43 Å². The van der Waals surface area contributed by atoms with Crippen LogP contribution in [0.5, 0.6) is 0 Å². The Kier molecular flexibility index (Phi) is 7.23. The van der Waals surface area contributed by atoms with E-state index in [4.69, 9.17) is 0 Å². The van der Waals surface area contributed by atoms with E-state index in [1.165, 1.54) is 6.08 Å². The summed E-state index contributed by atoms with van der Waals surface area (Å²) in [7, 11) is 0. The summed E-state index contributed by atoms with van der Waals surface area (Å²) in [6, 6.07) is 0. The third-order valence-corrected chi connectivity index (χ3v) is 5.39. The van der Waals surface area contributed by atoms with Gasteiger partial charge in [0.2, 0.25) is 0 Å². The Hall–Kier alpha value is -0.710. The molecule has 0 fully saturated rings. The van der Waals surface area contributed by atoms with Gasteiger partial charge in [0.1, 0.15) is 0 Å². The van der Waals surface area contributed by atoms with Crippen molar-refractivity contribution in [3.05, 3.63) is 35.5 Å². The molecule has 2 nitrogen and oxygen atoms in total. The number of carbonyl (C=O) groups is 2. The summed E-state index contributed by atoms with van der Waals surface area (Å²) in [6.45, 7) is 11.7. The van der Waals surface area contributed by atoms with E-state index in [2.05, 4.69) is 29.2 Å². The van der Waals surface area contributed by atoms with Gasteiger partial charge in [-0.3, -0.25) is 9.59 Å². The molecule has 0 radical (unpaired) electrons. The fourth-order valence-electron chi connectivity index (χ4n) is 3.45. The van der Waals surface area contributed by atoms with Crippen LogP contribution in [0.1, 0.15) is 53.4 Å². The predicted octanol–water partition coefficient (Wildman–Crippen LogP) is 5.22. The second kappa shape index (κ2) is 8.23. The Bertz CT molecular complexity index is 524. The summed E-state index contributed by atoms with van der Waals surface area (Å²) in [4.78, 5) is 24.9. The molecule has 3 heteroatoms. The molecule has 0 aromatic heterocycles. The molecule has 0 spiro atoms. The van der Waals surface area contributed by atoms with Crippen molar-refractivity contribution < 1.29 is 9.59 Å². The lowest BCUT2D eigenvalue weighted by molar-refractivity contribution is -0.122. The van der Waals surface area contributed by atoms with Gasteiger partial charge < -0.3 is 0 Å². The molecule has 0 aromatic rings. The van der Waals surface area contributed by atoms with Crippen LogP contribution in [0.3, 0.4) is 0 Å². The van der Waals surface area contributed by atoms with Gasteiger partial charge in [0.15, 0.2) is 11.6 Å².